The number of hydrogen-bond donors (Lipinski definition) is 1. The first kappa shape index (κ1) is 32.3. The van der Waals surface area contributed by atoms with Crippen LogP contribution in [0, 0.1) is 20.8 Å². The van der Waals surface area contributed by atoms with Crippen molar-refractivity contribution in [2.75, 3.05) is 17.1 Å². The summed E-state index contributed by atoms with van der Waals surface area (Å²) in [5.74, 6) is -0.300. The van der Waals surface area contributed by atoms with Gasteiger partial charge in [0, 0.05) is 32.0 Å². The van der Waals surface area contributed by atoms with Gasteiger partial charge in [-0.3, -0.25) is 13.9 Å². The number of hydrogen-bond acceptors (Lipinski definition) is 4. The van der Waals surface area contributed by atoms with Gasteiger partial charge in [-0.15, -0.1) is 0 Å². The first-order valence-corrected chi connectivity index (χ1v) is 17.1. The van der Waals surface area contributed by atoms with Gasteiger partial charge in [-0.25, -0.2) is 8.42 Å². The van der Waals surface area contributed by atoms with Gasteiger partial charge in [0.1, 0.15) is 6.04 Å². The van der Waals surface area contributed by atoms with E-state index in [0.717, 1.165) is 53.5 Å². The van der Waals surface area contributed by atoms with Crippen molar-refractivity contribution in [3.05, 3.63) is 101 Å². The molecule has 230 valence electrons. The van der Waals surface area contributed by atoms with Gasteiger partial charge in [-0.1, -0.05) is 79.6 Å². The highest BCUT2D eigenvalue weighted by Crippen LogP contribution is 2.25. The Balaban J connectivity index is 1.61. The van der Waals surface area contributed by atoms with Crippen LogP contribution in [0.2, 0.25) is 0 Å². The zero-order valence-electron chi connectivity index (χ0n) is 25.9. The van der Waals surface area contributed by atoms with Crippen LogP contribution in [0.15, 0.2) is 72.8 Å². The molecule has 0 bridgehead atoms. The lowest BCUT2D eigenvalue weighted by Crippen LogP contribution is -2.52. The van der Waals surface area contributed by atoms with E-state index in [2.05, 4.69) is 5.32 Å². The molecule has 0 radical (unpaired) electrons. The van der Waals surface area contributed by atoms with Crippen LogP contribution in [0.3, 0.4) is 0 Å². The molecule has 1 N–H and O–H groups in total. The molecule has 8 heteroatoms. The van der Waals surface area contributed by atoms with Crippen LogP contribution in [0.1, 0.15) is 66.3 Å². The van der Waals surface area contributed by atoms with Crippen molar-refractivity contribution in [1.29, 1.82) is 0 Å². The molecule has 0 aliphatic heterocycles. The number of carbonyl (C=O) groups is 2. The van der Waals surface area contributed by atoms with E-state index in [0.29, 0.717) is 25.1 Å². The Morgan fingerprint density at radius 3 is 2.26 bits per heavy atom. The van der Waals surface area contributed by atoms with Gasteiger partial charge in [-0.05, 0) is 73.9 Å². The standard InChI is InChI=1S/C35H45N3O4S/c1-26-20-21-28(3)32(23-26)38(43(4,41)42)22-12-19-34(39)37(25-30-16-9-8-13-27(30)2)33(24-29-14-6-5-7-15-29)35(40)36-31-17-10-11-18-31/h5-9,13-16,20-21,23,31,33H,10-12,17-19,22,24-25H2,1-4H3,(H,36,40). The van der Waals surface area contributed by atoms with Crippen molar-refractivity contribution >= 4 is 27.5 Å². The highest BCUT2D eigenvalue weighted by molar-refractivity contribution is 7.92. The molecule has 7 nitrogen and oxygen atoms in total. The van der Waals surface area contributed by atoms with Crippen LogP contribution in [-0.2, 0) is 32.6 Å². The lowest BCUT2D eigenvalue weighted by atomic mass is 10.0. The fourth-order valence-electron chi connectivity index (χ4n) is 5.86. The molecule has 3 aromatic rings. The van der Waals surface area contributed by atoms with Gasteiger partial charge in [0.05, 0.1) is 11.9 Å². The van der Waals surface area contributed by atoms with Crippen molar-refractivity contribution in [3.8, 4) is 0 Å². The lowest BCUT2D eigenvalue weighted by molar-refractivity contribution is -0.141. The van der Waals surface area contributed by atoms with E-state index in [4.69, 9.17) is 0 Å². The molecule has 1 aliphatic carbocycles. The number of carbonyl (C=O) groups excluding carboxylic acids is 2. The molecule has 1 saturated carbocycles. The maximum absolute atomic E-state index is 14.1. The summed E-state index contributed by atoms with van der Waals surface area (Å²) in [6.07, 6.45) is 6.13. The molecule has 1 unspecified atom stereocenters. The van der Waals surface area contributed by atoms with E-state index < -0.39 is 16.1 Å². The molecule has 1 aliphatic rings. The number of nitrogens with one attached hydrogen (secondary N) is 1. The number of benzene rings is 3. The van der Waals surface area contributed by atoms with E-state index in [1.54, 1.807) is 4.90 Å². The molecule has 0 aromatic heterocycles. The van der Waals surface area contributed by atoms with Gasteiger partial charge < -0.3 is 10.2 Å². The number of anilines is 1. The zero-order valence-corrected chi connectivity index (χ0v) is 26.7. The first-order valence-electron chi connectivity index (χ1n) is 15.3. The predicted molar refractivity (Wildman–Crippen MR) is 173 cm³/mol. The second kappa shape index (κ2) is 14.7. The fraction of sp³-hybridized carbons (Fsp3) is 0.429. The highest BCUT2D eigenvalue weighted by atomic mass is 32.2. The van der Waals surface area contributed by atoms with Crippen LogP contribution in [0.25, 0.3) is 0 Å². The molecular formula is C35H45N3O4S. The summed E-state index contributed by atoms with van der Waals surface area (Å²) in [7, 11) is -3.57. The molecule has 1 fully saturated rings. The minimum Gasteiger partial charge on any atom is -0.352 e. The Hall–Kier alpha value is -3.65. The van der Waals surface area contributed by atoms with Gasteiger partial charge in [0.25, 0.3) is 0 Å². The number of sulfonamides is 1. The van der Waals surface area contributed by atoms with Gasteiger partial charge in [0.2, 0.25) is 21.8 Å². The number of aryl methyl sites for hydroxylation is 3. The van der Waals surface area contributed by atoms with Crippen LogP contribution < -0.4 is 9.62 Å². The topological polar surface area (TPSA) is 86.8 Å². The van der Waals surface area contributed by atoms with E-state index in [9.17, 15) is 18.0 Å². The number of rotatable bonds is 13. The average molecular weight is 604 g/mol. The number of amides is 2. The second-order valence-corrected chi connectivity index (χ2v) is 13.8. The van der Waals surface area contributed by atoms with Gasteiger partial charge in [0.15, 0.2) is 0 Å². The minimum absolute atomic E-state index is 0.116. The Morgan fingerprint density at radius 2 is 1.58 bits per heavy atom. The second-order valence-electron chi connectivity index (χ2n) is 11.9. The highest BCUT2D eigenvalue weighted by Gasteiger charge is 2.32. The van der Waals surface area contributed by atoms with Crippen LogP contribution in [-0.4, -0.2) is 50.0 Å². The first-order chi connectivity index (χ1) is 20.5. The molecule has 4 rings (SSSR count). The van der Waals surface area contributed by atoms with Gasteiger partial charge in [-0.2, -0.15) is 0 Å². The smallest absolute Gasteiger partial charge is 0.243 e. The maximum Gasteiger partial charge on any atom is 0.243 e. The van der Waals surface area contributed by atoms with E-state index in [-0.39, 0.29) is 30.8 Å². The largest absolute Gasteiger partial charge is 0.352 e. The van der Waals surface area contributed by atoms with Crippen LogP contribution in [0.5, 0.6) is 0 Å². The third kappa shape index (κ3) is 8.92. The summed E-state index contributed by atoms with van der Waals surface area (Å²) in [5, 5.41) is 3.24. The summed E-state index contributed by atoms with van der Waals surface area (Å²) in [6, 6.07) is 22.9. The SMILES string of the molecule is Cc1ccc(C)c(N(CCCC(=O)N(Cc2ccccc2C)C(Cc2ccccc2)C(=O)NC2CCCC2)S(C)(=O)=O)c1. The monoisotopic (exact) mass is 603 g/mol. The van der Waals surface area contributed by atoms with E-state index in [1.165, 1.54) is 10.6 Å². The third-order valence-corrected chi connectivity index (χ3v) is 9.54. The quantitative estimate of drug-likeness (QED) is 0.265. The molecule has 43 heavy (non-hydrogen) atoms. The van der Waals surface area contributed by atoms with E-state index >= 15 is 0 Å². The molecule has 1 atom stereocenters. The Bertz CT molecular complexity index is 1500. The van der Waals surface area contributed by atoms with Crippen molar-refractivity contribution in [3.63, 3.8) is 0 Å². The molecule has 0 saturated heterocycles. The predicted octanol–water partition coefficient (Wildman–Crippen LogP) is 5.86. The normalized spacial score (nSPS) is 14.3. The number of nitrogens with zero attached hydrogens (tertiary/aromatic N) is 2. The molecule has 0 heterocycles. The average Bonchev–Trinajstić information content (AvgIpc) is 3.48. The molecule has 2 amide bonds. The van der Waals surface area contributed by atoms with E-state index in [1.807, 2.05) is 93.6 Å². The Kier molecular flexibility index (Phi) is 11.0. The Labute approximate surface area is 257 Å². The van der Waals surface area contributed by atoms with Crippen molar-refractivity contribution in [1.82, 2.24) is 10.2 Å². The lowest BCUT2D eigenvalue weighted by Gasteiger charge is -2.33. The minimum atomic E-state index is -3.57. The molecular weight excluding hydrogens is 558 g/mol. The zero-order chi connectivity index (χ0) is 31.0. The summed E-state index contributed by atoms with van der Waals surface area (Å²) >= 11 is 0. The van der Waals surface area contributed by atoms with Crippen LogP contribution in [0.4, 0.5) is 5.69 Å². The molecule has 0 spiro atoms. The Morgan fingerprint density at radius 1 is 0.907 bits per heavy atom. The van der Waals surface area contributed by atoms with Gasteiger partial charge >= 0.3 is 0 Å². The van der Waals surface area contributed by atoms with Crippen molar-refractivity contribution < 1.29 is 18.0 Å². The summed E-state index contributed by atoms with van der Waals surface area (Å²) in [5.41, 5.74) is 5.46. The van der Waals surface area contributed by atoms with Crippen LogP contribution >= 0.6 is 0 Å². The maximum atomic E-state index is 14.1. The fourth-order valence-corrected chi connectivity index (χ4v) is 6.88. The summed E-state index contributed by atoms with van der Waals surface area (Å²) in [4.78, 5) is 29.7. The molecule has 3 aromatic carbocycles. The summed E-state index contributed by atoms with van der Waals surface area (Å²) in [6.45, 7) is 6.30. The van der Waals surface area contributed by atoms with Crippen molar-refractivity contribution in [2.45, 2.75) is 84.3 Å². The summed E-state index contributed by atoms with van der Waals surface area (Å²) < 4.78 is 27.0. The van der Waals surface area contributed by atoms with Crippen molar-refractivity contribution in [2.24, 2.45) is 0 Å². The third-order valence-electron chi connectivity index (χ3n) is 8.36.